The van der Waals surface area contributed by atoms with Crippen molar-refractivity contribution in [3.8, 4) is 0 Å². The molecule has 1 heterocycles. The molecule has 0 radical (unpaired) electrons. The van der Waals surface area contributed by atoms with Gasteiger partial charge >= 0.3 is 0 Å². The average molecular weight is 270 g/mol. The van der Waals surface area contributed by atoms with Gasteiger partial charge in [0.05, 0.1) is 4.92 Å². The van der Waals surface area contributed by atoms with Crippen LogP contribution < -0.4 is 0 Å². The summed E-state index contributed by atoms with van der Waals surface area (Å²) in [7, 11) is 0. The predicted octanol–water partition coefficient (Wildman–Crippen LogP) is 3.04. The summed E-state index contributed by atoms with van der Waals surface area (Å²) in [6.45, 7) is 0.607. The van der Waals surface area contributed by atoms with Crippen molar-refractivity contribution in [2.75, 3.05) is 0 Å². The highest BCUT2D eigenvalue weighted by Crippen LogP contribution is 2.32. The zero-order valence-electron chi connectivity index (χ0n) is 10.9. The first-order valence-electron chi connectivity index (χ1n) is 6.57. The van der Waals surface area contributed by atoms with Gasteiger partial charge in [-0.15, -0.1) is 0 Å². The van der Waals surface area contributed by atoms with E-state index in [0.717, 1.165) is 24.0 Å². The van der Waals surface area contributed by atoms with Gasteiger partial charge in [0.25, 0.3) is 5.69 Å². The minimum Gasteiger partial charge on any atom is -0.349 e. The molecule has 5 nitrogen and oxygen atoms in total. The molecule has 0 bridgehead atoms. The molecule has 3 rings (SSSR count). The predicted molar refractivity (Wildman–Crippen MR) is 73.7 cm³/mol. The van der Waals surface area contributed by atoms with E-state index in [1.807, 2.05) is 23.0 Å². The van der Waals surface area contributed by atoms with Crippen molar-refractivity contribution in [1.29, 1.82) is 0 Å². The van der Waals surface area contributed by atoms with Gasteiger partial charge in [0.2, 0.25) is 0 Å². The highest BCUT2D eigenvalue weighted by atomic mass is 16.6. The number of hydrogen-bond acceptors (Lipinski definition) is 3. The number of benzene rings is 1. The van der Waals surface area contributed by atoms with Gasteiger partial charge in [-0.25, -0.2) is 0 Å². The van der Waals surface area contributed by atoms with Crippen LogP contribution >= 0.6 is 0 Å². The summed E-state index contributed by atoms with van der Waals surface area (Å²) < 4.78 is 1.93. The molecule has 0 unspecified atom stereocenters. The standard InChI is InChI=1S/C15H14N2O3/c18-15(12-3-4-12)13-7-8-16(10-13)9-11-1-5-14(6-2-11)17(19)20/h1-2,5-8,10,12H,3-4,9H2. The van der Waals surface area contributed by atoms with Crippen molar-refractivity contribution in [2.45, 2.75) is 19.4 Å². The molecule has 102 valence electrons. The van der Waals surface area contributed by atoms with Crippen LogP contribution in [-0.4, -0.2) is 15.3 Å². The monoisotopic (exact) mass is 270 g/mol. The highest BCUT2D eigenvalue weighted by Gasteiger charge is 2.30. The Kier molecular flexibility index (Phi) is 3.10. The van der Waals surface area contributed by atoms with Crippen molar-refractivity contribution in [1.82, 2.24) is 4.57 Å². The van der Waals surface area contributed by atoms with Gasteiger partial charge in [0.1, 0.15) is 0 Å². The zero-order valence-corrected chi connectivity index (χ0v) is 10.9. The van der Waals surface area contributed by atoms with Gasteiger partial charge in [-0.2, -0.15) is 0 Å². The Morgan fingerprint density at radius 1 is 1.25 bits per heavy atom. The summed E-state index contributed by atoms with van der Waals surface area (Å²) >= 11 is 0. The van der Waals surface area contributed by atoms with Crippen LogP contribution in [0.1, 0.15) is 28.8 Å². The highest BCUT2D eigenvalue weighted by molar-refractivity contribution is 5.99. The molecule has 1 aliphatic carbocycles. The molecule has 1 aromatic heterocycles. The number of rotatable bonds is 5. The van der Waals surface area contributed by atoms with Crippen LogP contribution in [-0.2, 0) is 6.54 Å². The number of hydrogen-bond donors (Lipinski definition) is 0. The third-order valence-corrected chi connectivity index (χ3v) is 3.50. The SMILES string of the molecule is O=C(c1ccn(Cc2ccc([N+](=O)[O-])cc2)c1)C1CC1. The van der Waals surface area contributed by atoms with E-state index in [1.165, 1.54) is 12.1 Å². The van der Waals surface area contributed by atoms with Crippen LogP contribution in [0.4, 0.5) is 5.69 Å². The summed E-state index contributed by atoms with van der Waals surface area (Å²) in [5.41, 5.74) is 1.82. The maximum Gasteiger partial charge on any atom is 0.269 e. The van der Waals surface area contributed by atoms with Crippen LogP contribution in [0.5, 0.6) is 0 Å². The molecule has 0 N–H and O–H groups in total. The number of aromatic nitrogens is 1. The van der Waals surface area contributed by atoms with Crippen LogP contribution in [0.3, 0.4) is 0 Å². The Morgan fingerprint density at radius 2 is 1.95 bits per heavy atom. The Balaban J connectivity index is 1.71. The summed E-state index contributed by atoms with van der Waals surface area (Å²) in [5, 5.41) is 10.6. The minimum absolute atomic E-state index is 0.0888. The first kappa shape index (κ1) is 12.6. The third kappa shape index (κ3) is 2.61. The first-order chi connectivity index (χ1) is 9.63. The van der Waals surface area contributed by atoms with Crippen molar-refractivity contribution in [3.63, 3.8) is 0 Å². The molecule has 1 saturated carbocycles. The fourth-order valence-corrected chi connectivity index (χ4v) is 2.20. The number of carbonyl (C=O) groups excluding carboxylic acids is 1. The molecular formula is C15H14N2O3. The van der Waals surface area contributed by atoms with E-state index in [1.54, 1.807) is 12.1 Å². The van der Waals surface area contributed by atoms with E-state index < -0.39 is 4.92 Å². The lowest BCUT2D eigenvalue weighted by molar-refractivity contribution is -0.384. The lowest BCUT2D eigenvalue weighted by Crippen LogP contribution is -2.01. The van der Waals surface area contributed by atoms with E-state index in [0.29, 0.717) is 6.54 Å². The Hall–Kier alpha value is -2.43. The summed E-state index contributed by atoms with van der Waals surface area (Å²) in [6, 6.07) is 8.30. The Morgan fingerprint density at radius 3 is 2.55 bits per heavy atom. The van der Waals surface area contributed by atoms with Crippen LogP contribution in [0.2, 0.25) is 0 Å². The van der Waals surface area contributed by atoms with Gasteiger partial charge in [-0.05, 0) is 24.5 Å². The summed E-state index contributed by atoms with van der Waals surface area (Å²) in [4.78, 5) is 22.1. The maximum atomic E-state index is 11.9. The summed E-state index contributed by atoms with van der Waals surface area (Å²) in [5.74, 6) is 0.456. The largest absolute Gasteiger partial charge is 0.349 e. The number of nitro groups is 1. The average Bonchev–Trinajstić information content (AvgIpc) is 3.19. The second kappa shape index (κ2) is 4.92. The molecule has 1 aromatic carbocycles. The zero-order chi connectivity index (χ0) is 14.1. The maximum absolute atomic E-state index is 11.9. The number of nitrogens with zero attached hydrogens (tertiary/aromatic N) is 2. The van der Waals surface area contributed by atoms with Gasteiger partial charge in [0.15, 0.2) is 5.78 Å². The number of ketones is 1. The molecule has 5 heteroatoms. The molecule has 1 aliphatic rings. The molecule has 0 saturated heterocycles. The number of non-ortho nitro benzene ring substituents is 1. The molecule has 0 atom stereocenters. The fourth-order valence-electron chi connectivity index (χ4n) is 2.20. The van der Waals surface area contributed by atoms with Gasteiger partial charge in [-0.3, -0.25) is 14.9 Å². The van der Waals surface area contributed by atoms with E-state index in [-0.39, 0.29) is 17.4 Å². The topological polar surface area (TPSA) is 65.1 Å². The second-order valence-electron chi connectivity index (χ2n) is 5.13. The van der Waals surface area contributed by atoms with Gasteiger partial charge < -0.3 is 4.57 Å². The van der Waals surface area contributed by atoms with Crippen molar-refractivity contribution in [3.05, 3.63) is 64.0 Å². The minimum atomic E-state index is -0.411. The molecule has 0 aliphatic heterocycles. The molecule has 2 aromatic rings. The van der Waals surface area contributed by atoms with Crippen LogP contribution in [0.15, 0.2) is 42.7 Å². The summed E-state index contributed by atoms with van der Waals surface area (Å²) in [6.07, 6.45) is 5.73. The lowest BCUT2D eigenvalue weighted by Gasteiger charge is -2.02. The van der Waals surface area contributed by atoms with Crippen LogP contribution in [0, 0.1) is 16.0 Å². The second-order valence-corrected chi connectivity index (χ2v) is 5.13. The van der Waals surface area contributed by atoms with E-state index in [2.05, 4.69) is 0 Å². The quantitative estimate of drug-likeness (QED) is 0.476. The molecule has 20 heavy (non-hydrogen) atoms. The van der Waals surface area contributed by atoms with E-state index in [9.17, 15) is 14.9 Å². The lowest BCUT2D eigenvalue weighted by atomic mass is 10.1. The van der Waals surface area contributed by atoms with Gasteiger partial charge in [-0.1, -0.05) is 12.1 Å². The molecule has 1 fully saturated rings. The Labute approximate surface area is 116 Å². The molecule has 0 spiro atoms. The fraction of sp³-hybridized carbons (Fsp3) is 0.267. The van der Waals surface area contributed by atoms with Gasteiger partial charge in [0, 0.05) is 42.6 Å². The number of nitro benzene ring substituents is 1. The van der Waals surface area contributed by atoms with E-state index >= 15 is 0 Å². The first-order valence-corrected chi connectivity index (χ1v) is 6.57. The van der Waals surface area contributed by atoms with Crippen LogP contribution in [0.25, 0.3) is 0 Å². The van der Waals surface area contributed by atoms with Crippen molar-refractivity contribution in [2.24, 2.45) is 5.92 Å². The normalized spacial score (nSPS) is 14.2. The molecule has 0 amide bonds. The van der Waals surface area contributed by atoms with E-state index in [4.69, 9.17) is 0 Å². The number of carbonyl (C=O) groups is 1. The number of Topliss-reactive ketones (excluding diaryl/α,β-unsaturated/α-hetero) is 1. The smallest absolute Gasteiger partial charge is 0.269 e. The Bertz CT molecular complexity index is 654. The molecular weight excluding hydrogens is 256 g/mol. The van der Waals surface area contributed by atoms with Crippen molar-refractivity contribution >= 4 is 11.5 Å². The van der Waals surface area contributed by atoms with Crippen molar-refractivity contribution < 1.29 is 9.72 Å². The third-order valence-electron chi connectivity index (χ3n) is 3.50.